The van der Waals surface area contributed by atoms with Gasteiger partial charge in [-0.1, -0.05) is 19.3 Å². The Morgan fingerprint density at radius 1 is 1.29 bits per heavy atom. The molecule has 0 saturated heterocycles. The summed E-state index contributed by atoms with van der Waals surface area (Å²) in [7, 11) is 2.22. The molecule has 3 N–H and O–H groups in total. The van der Waals surface area contributed by atoms with Crippen LogP contribution in [0.1, 0.15) is 38.5 Å². The topological polar surface area (TPSA) is 55.7 Å². The Bertz CT molecular complexity index is 184. The van der Waals surface area contributed by atoms with Gasteiger partial charge in [0.2, 0.25) is 0 Å². The van der Waals surface area contributed by atoms with Gasteiger partial charge in [0.25, 0.3) is 0 Å². The normalized spacial score (nSPS) is 19.8. The summed E-state index contributed by atoms with van der Waals surface area (Å²) >= 11 is 0. The second-order valence-electron chi connectivity index (χ2n) is 5.17. The SMILES string of the molecule is CN(CCCNCC(O)CO)C1CCCCC1. The largest absolute Gasteiger partial charge is 0.394 e. The third-order valence-corrected chi connectivity index (χ3v) is 3.65. The third kappa shape index (κ3) is 6.36. The monoisotopic (exact) mass is 244 g/mol. The summed E-state index contributed by atoms with van der Waals surface area (Å²) in [5.74, 6) is 0. The van der Waals surface area contributed by atoms with Crippen LogP contribution in [0.5, 0.6) is 0 Å². The van der Waals surface area contributed by atoms with Crippen LogP contribution >= 0.6 is 0 Å². The summed E-state index contributed by atoms with van der Waals surface area (Å²) in [6.07, 6.45) is 7.37. The molecule has 0 aliphatic heterocycles. The number of nitrogens with one attached hydrogen (secondary N) is 1. The minimum Gasteiger partial charge on any atom is -0.394 e. The maximum absolute atomic E-state index is 9.15. The minimum atomic E-state index is -0.619. The molecule has 0 aromatic rings. The fourth-order valence-corrected chi connectivity index (χ4v) is 2.49. The first-order valence-corrected chi connectivity index (χ1v) is 6.94. The van der Waals surface area contributed by atoms with E-state index in [1.165, 1.54) is 32.1 Å². The maximum Gasteiger partial charge on any atom is 0.0894 e. The zero-order valence-corrected chi connectivity index (χ0v) is 11.1. The van der Waals surface area contributed by atoms with Gasteiger partial charge in [0.05, 0.1) is 12.7 Å². The number of aliphatic hydroxyl groups is 2. The highest BCUT2D eigenvalue weighted by Crippen LogP contribution is 2.21. The average Bonchev–Trinajstić information content (AvgIpc) is 2.38. The Hall–Kier alpha value is -0.160. The molecule has 0 aromatic heterocycles. The molecule has 4 heteroatoms. The predicted molar refractivity (Wildman–Crippen MR) is 70.1 cm³/mol. The summed E-state index contributed by atoms with van der Waals surface area (Å²) in [6, 6.07) is 0.784. The molecule has 0 radical (unpaired) electrons. The summed E-state index contributed by atoms with van der Waals surface area (Å²) < 4.78 is 0. The molecular weight excluding hydrogens is 216 g/mol. The number of hydrogen-bond donors (Lipinski definition) is 3. The van der Waals surface area contributed by atoms with E-state index in [-0.39, 0.29) is 6.61 Å². The lowest BCUT2D eigenvalue weighted by Gasteiger charge is -2.31. The van der Waals surface area contributed by atoms with E-state index < -0.39 is 6.10 Å². The second kappa shape index (κ2) is 8.86. The number of rotatable bonds is 8. The smallest absolute Gasteiger partial charge is 0.0894 e. The summed E-state index contributed by atoms with van der Waals surface area (Å²) in [6.45, 7) is 2.36. The molecule has 1 unspecified atom stereocenters. The molecule has 0 amide bonds. The van der Waals surface area contributed by atoms with Gasteiger partial charge in [-0.05, 0) is 39.4 Å². The summed E-state index contributed by atoms with van der Waals surface area (Å²) in [4.78, 5) is 2.48. The van der Waals surface area contributed by atoms with E-state index >= 15 is 0 Å². The van der Waals surface area contributed by atoms with E-state index in [0.29, 0.717) is 6.54 Å². The minimum absolute atomic E-state index is 0.158. The Balaban J connectivity index is 1.97. The van der Waals surface area contributed by atoms with Gasteiger partial charge >= 0.3 is 0 Å². The Kier molecular flexibility index (Phi) is 7.77. The second-order valence-corrected chi connectivity index (χ2v) is 5.17. The first-order chi connectivity index (χ1) is 8.24. The van der Waals surface area contributed by atoms with Crippen LogP contribution in [-0.4, -0.2) is 60.5 Å². The van der Waals surface area contributed by atoms with Gasteiger partial charge in [-0.15, -0.1) is 0 Å². The molecule has 4 nitrogen and oxygen atoms in total. The van der Waals surface area contributed by atoms with Crippen molar-refractivity contribution >= 4 is 0 Å². The van der Waals surface area contributed by atoms with E-state index in [1.54, 1.807) is 0 Å². The van der Waals surface area contributed by atoms with Crippen LogP contribution in [-0.2, 0) is 0 Å². The third-order valence-electron chi connectivity index (χ3n) is 3.65. The number of aliphatic hydroxyl groups excluding tert-OH is 2. The van der Waals surface area contributed by atoms with Crippen LogP contribution in [0.3, 0.4) is 0 Å². The van der Waals surface area contributed by atoms with Crippen molar-refractivity contribution in [3.63, 3.8) is 0 Å². The van der Waals surface area contributed by atoms with Crippen LogP contribution in [0.4, 0.5) is 0 Å². The number of hydrogen-bond acceptors (Lipinski definition) is 4. The first-order valence-electron chi connectivity index (χ1n) is 6.94. The lowest BCUT2D eigenvalue weighted by molar-refractivity contribution is 0.0941. The first kappa shape index (κ1) is 14.9. The van der Waals surface area contributed by atoms with Gasteiger partial charge in [0.15, 0.2) is 0 Å². The number of nitrogens with zero attached hydrogens (tertiary/aromatic N) is 1. The van der Waals surface area contributed by atoms with Crippen molar-refractivity contribution in [2.24, 2.45) is 0 Å². The molecule has 17 heavy (non-hydrogen) atoms. The van der Waals surface area contributed by atoms with Gasteiger partial charge in [0, 0.05) is 12.6 Å². The Labute approximate surface area is 105 Å². The highest BCUT2D eigenvalue weighted by atomic mass is 16.3. The van der Waals surface area contributed by atoms with Crippen LogP contribution in [0.15, 0.2) is 0 Å². The van der Waals surface area contributed by atoms with Gasteiger partial charge in [-0.2, -0.15) is 0 Å². The maximum atomic E-state index is 9.15. The molecule has 0 aromatic carbocycles. The van der Waals surface area contributed by atoms with Crippen molar-refractivity contribution < 1.29 is 10.2 Å². The fraction of sp³-hybridized carbons (Fsp3) is 1.00. The molecule has 0 spiro atoms. The molecule has 1 rings (SSSR count). The van der Waals surface area contributed by atoms with Crippen molar-refractivity contribution in [1.29, 1.82) is 0 Å². The highest BCUT2D eigenvalue weighted by Gasteiger charge is 2.17. The summed E-state index contributed by atoms with van der Waals surface area (Å²) in [5, 5.41) is 21.0. The molecule has 0 bridgehead atoms. The van der Waals surface area contributed by atoms with Crippen LogP contribution < -0.4 is 5.32 Å². The lowest BCUT2D eigenvalue weighted by atomic mass is 9.94. The Morgan fingerprint density at radius 2 is 2.00 bits per heavy atom. The van der Waals surface area contributed by atoms with Crippen LogP contribution in [0.25, 0.3) is 0 Å². The average molecular weight is 244 g/mol. The van der Waals surface area contributed by atoms with Gasteiger partial charge in [-0.3, -0.25) is 0 Å². The molecular formula is C13H28N2O2. The van der Waals surface area contributed by atoms with Crippen molar-refractivity contribution in [3.05, 3.63) is 0 Å². The van der Waals surface area contributed by atoms with Gasteiger partial charge < -0.3 is 20.4 Å². The predicted octanol–water partition coefficient (Wildman–Crippen LogP) is 0.584. The quantitative estimate of drug-likeness (QED) is 0.547. The standard InChI is InChI=1S/C13H28N2O2/c1-15(12-6-3-2-4-7-12)9-5-8-14-10-13(17)11-16/h12-14,16-17H,2-11H2,1H3. The van der Waals surface area contributed by atoms with Crippen molar-refractivity contribution in [3.8, 4) is 0 Å². The van der Waals surface area contributed by atoms with Crippen LogP contribution in [0, 0.1) is 0 Å². The molecule has 0 heterocycles. The molecule has 1 saturated carbocycles. The molecule has 1 fully saturated rings. The molecule has 1 aliphatic rings. The Morgan fingerprint density at radius 3 is 2.65 bits per heavy atom. The van der Waals surface area contributed by atoms with E-state index in [4.69, 9.17) is 10.2 Å². The summed E-state index contributed by atoms with van der Waals surface area (Å²) in [5.41, 5.74) is 0. The van der Waals surface area contributed by atoms with E-state index in [2.05, 4.69) is 17.3 Å². The van der Waals surface area contributed by atoms with E-state index in [9.17, 15) is 0 Å². The van der Waals surface area contributed by atoms with Gasteiger partial charge in [-0.25, -0.2) is 0 Å². The lowest BCUT2D eigenvalue weighted by Crippen LogP contribution is -2.36. The fourth-order valence-electron chi connectivity index (χ4n) is 2.49. The van der Waals surface area contributed by atoms with Crippen molar-refractivity contribution in [2.75, 3.05) is 33.3 Å². The van der Waals surface area contributed by atoms with Gasteiger partial charge in [0.1, 0.15) is 0 Å². The zero-order valence-electron chi connectivity index (χ0n) is 11.1. The molecule has 102 valence electrons. The highest BCUT2D eigenvalue weighted by molar-refractivity contribution is 4.73. The van der Waals surface area contributed by atoms with Crippen molar-refractivity contribution in [2.45, 2.75) is 50.7 Å². The zero-order chi connectivity index (χ0) is 12.5. The van der Waals surface area contributed by atoms with Crippen LogP contribution in [0.2, 0.25) is 0 Å². The molecule has 1 aliphatic carbocycles. The van der Waals surface area contributed by atoms with Crippen molar-refractivity contribution in [1.82, 2.24) is 10.2 Å². The molecule has 1 atom stereocenters. The van der Waals surface area contributed by atoms with E-state index in [0.717, 1.165) is 25.6 Å². The van der Waals surface area contributed by atoms with E-state index in [1.807, 2.05) is 0 Å².